The zero-order valence-corrected chi connectivity index (χ0v) is 11.3. The number of carbonyl (C=O) groups is 1. The summed E-state index contributed by atoms with van der Waals surface area (Å²) in [6, 6.07) is 14.5. The Balaban J connectivity index is 0.000000771. The van der Waals surface area contributed by atoms with E-state index in [2.05, 4.69) is 35.6 Å². The summed E-state index contributed by atoms with van der Waals surface area (Å²) in [5.74, 6) is 0. The normalized spacial score (nSPS) is 11.5. The average Bonchev–Trinajstić information content (AvgIpc) is 2.46. The maximum atomic E-state index is 10.7. The van der Waals surface area contributed by atoms with Crippen molar-refractivity contribution < 1.29 is 4.79 Å². The number of nitrogens with one attached hydrogen (secondary N) is 1. The topological polar surface area (TPSA) is 29.1 Å². The molecule has 0 spiro atoms. The average molecular weight is 243 g/mol. The van der Waals surface area contributed by atoms with Crippen molar-refractivity contribution in [2.45, 2.75) is 26.3 Å². The van der Waals surface area contributed by atoms with Crippen LogP contribution in [-0.4, -0.2) is 19.4 Å². The molecule has 0 heterocycles. The molecular weight excluding hydrogens is 222 g/mol. The molecule has 2 rings (SSSR count). The third-order valence-corrected chi connectivity index (χ3v) is 2.80. The van der Waals surface area contributed by atoms with E-state index in [1.807, 2.05) is 26.0 Å². The summed E-state index contributed by atoms with van der Waals surface area (Å²) < 4.78 is 0. The van der Waals surface area contributed by atoms with E-state index in [4.69, 9.17) is 0 Å². The molecule has 0 saturated carbocycles. The molecule has 0 amide bonds. The number of likely N-dealkylation sites (N-methyl/N-ethyl adjacent to an activating group) is 1. The molecule has 0 saturated heterocycles. The summed E-state index contributed by atoms with van der Waals surface area (Å²) in [7, 11) is 1.81. The van der Waals surface area contributed by atoms with Gasteiger partial charge in [-0.05, 0) is 29.8 Å². The van der Waals surface area contributed by atoms with Crippen LogP contribution in [0.25, 0.3) is 10.8 Å². The number of hydrogen-bond donors (Lipinski definition) is 1. The van der Waals surface area contributed by atoms with Crippen LogP contribution in [-0.2, 0) is 11.2 Å². The lowest BCUT2D eigenvalue weighted by Gasteiger charge is -2.09. The maximum absolute atomic E-state index is 10.7. The quantitative estimate of drug-likeness (QED) is 0.836. The maximum Gasteiger partial charge on any atom is 0.137 e. The van der Waals surface area contributed by atoms with E-state index < -0.39 is 0 Å². The molecule has 1 atom stereocenters. The van der Waals surface area contributed by atoms with E-state index in [0.29, 0.717) is 0 Å². The van der Waals surface area contributed by atoms with Crippen LogP contribution in [0.5, 0.6) is 0 Å². The Morgan fingerprint density at radius 1 is 1.11 bits per heavy atom. The second-order valence-corrected chi connectivity index (χ2v) is 3.92. The van der Waals surface area contributed by atoms with E-state index >= 15 is 0 Å². The molecule has 0 aromatic heterocycles. The van der Waals surface area contributed by atoms with E-state index in [1.165, 1.54) is 16.3 Å². The highest BCUT2D eigenvalue weighted by Gasteiger charge is 2.05. The van der Waals surface area contributed by atoms with Gasteiger partial charge in [0, 0.05) is 0 Å². The van der Waals surface area contributed by atoms with E-state index in [0.717, 1.165) is 12.7 Å². The van der Waals surface area contributed by atoms with Gasteiger partial charge in [0.2, 0.25) is 0 Å². The van der Waals surface area contributed by atoms with Crippen LogP contribution in [0, 0.1) is 0 Å². The fraction of sp³-hybridized carbons (Fsp3) is 0.312. The SMILES string of the molecule is CC.CN[C@H](C=O)Cc1ccc2ccccc2c1. The van der Waals surface area contributed by atoms with Crippen molar-refractivity contribution in [3.63, 3.8) is 0 Å². The third kappa shape index (κ3) is 3.67. The molecule has 0 unspecified atom stereocenters. The minimum absolute atomic E-state index is 0.0961. The molecule has 0 aliphatic carbocycles. The summed E-state index contributed by atoms with van der Waals surface area (Å²) >= 11 is 0. The van der Waals surface area contributed by atoms with Gasteiger partial charge in [0.1, 0.15) is 6.29 Å². The van der Waals surface area contributed by atoms with Crippen LogP contribution in [0.4, 0.5) is 0 Å². The Hall–Kier alpha value is -1.67. The highest BCUT2D eigenvalue weighted by molar-refractivity contribution is 5.83. The molecule has 2 heteroatoms. The van der Waals surface area contributed by atoms with Gasteiger partial charge in [0.15, 0.2) is 0 Å². The zero-order valence-electron chi connectivity index (χ0n) is 11.3. The van der Waals surface area contributed by atoms with Crippen molar-refractivity contribution >= 4 is 17.1 Å². The Bertz CT molecular complexity index is 493. The van der Waals surface area contributed by atoms with Crippen molar-refractivity contribution in [3.05, 3.63) is 48.0 Å². The predicted octanol–water partition coefficient (Wildman–Crippen LogP) is 3.20. The molecule has 0 aliphatic heterocycles. The molecule has 1 N–H and O–H groups in total. The lowest BCUT2D eigenvalue weighted by atomic mass is 10.0. The smallest absolute Gasteiger partial charge is 0.137 e. The Labute approximate surface area is 109 Å². The van der Waals surface area contributed by atoms with Crippen molar-refractivity contribution in [1.29, 1.82) is 0 Å². The van der Waals surface area contributed by atoms with E-state index in [9.17, 15) is 4.79 Å². The van der Waals surface area contributed by atoms with Gasteiger partial charge in [-0.1, -0.05) is 56.3 Å². The number of rotatable bonds is 4. The molecule has 18 heavy (non-hydrogen) atoms. The number of benzene rings is 2. The largest absolute Gasteiger partial charge is 0.311 e. The zero-order chi connectivity index (χ0) is 13.4. The predicted molar refractivity (Wildman–Crippen MR) is 77.9 cm³/mol. The van der Waals surface area contributed by atoms with Crippen LogP contribution in [0.15, 0.2) is 42.5 Å². The lowest BCUT2D eigenvalue weighted by Crippen LogP contribution is -2.28. The van der Waals surface area contributed by atoms with Crippen molar-refractivity contribution in [1.82, 2.24) is 5.32 Å². The van der Waals surface area contributed by atoms with Crippen molar-refractivity contribution in [2.24, 2.45) is 0 Å². The molecule has 0 radical (unpaired) electrons. The van der Waals surface area contributed by atoms with Gasteiger partial charge < -0.3 is 10.1 Å². The second kappa shape index (κ2) is 7.62. The summed E-state index contributed by atoms with van der Waals surface area (Å²) in [5, 5.41) is 5.44. The molecule has 0 aliphatic rings. The van der Waals surface area contributed by atoms with Crippen molar-refractivity contribution in [2.75, 3.05) is 7.05 Å². The first-order valence-corrected chi connectivity index (χ1v) is 6.43. The van der Waals surface area contributed by atoms with E-state index in [-0.39, 0.29) is 6.04 Å². The van der Waals surface area contributed by atoms with Gasteiger partial charge in [-0.25, -0.2) is 0 Å². The highest BCUT2D eigenvalue weighted by atomic mass is 16.1. The third-order valence-electron chi connectivity index (χ3n) is 2.80. The molecule has 2 nitrogen and oxygen atoms in total. The van der Waals surface area contributed by atoms with Crippen LogP contribution in [0.2, 0.25) is 0 Å². The molecule has 0 bridgehead atoms. The van der Waals surface area contributed by atoms with Crippen LogP contribution < -0.4 is 5.32 Å². The summed E-state index contributed by atoms with van der Waals surface area (Å²) in [6.07, 6.45) is 1.69. The van der Waals surface area contributed by atoms with Gasteiger partial charge in [-0.3, -0.25) is 0 Å². The summed E-state index contributed by atoms with van der Waals surface area (Å²) in [5.41, 5.74) is 1.19. The van der Waals surface area contributed by atoms with Gasteiger partial charge in [-0.15, -0.1) is 0 Å². The van der Waals surface area contributed by atoms with Gasteiger partial charge >= 0.3 is 0 Å². The first-order chi connectivity index (χ1) is 8.83. The fourth-order valence-corrected chi connectivity index (χ4v) is 1.84. The minimum Gasteiger partial charge on any atom is -0.311 e. The van der Waals surface area contributed by atoms with Gasteiger partial charge in [0.05, 0.1) is 6.04 Å². The van der Waals surface area contributed by atoms with E-state index in [1.54, 1.807) is 7.05 Å². The molecule has 96 valence electrons. The number of hydrogen-bond acceptors (Lipinski definition) is 2. The van der Waals surface area contributed by atoms with Crippen LogP contribution in [0.3, 0.4) is 0 Å². The van der Waals surface area contributed by atoms with Crippen molar-refractivity contribution in [3.8, 4) is 0 Å². The minimum atomic E-state index is -0.0961. The first-order valence-electron chi connectivity index (χ1n) is 6.43. The highest BCUT2D eigenvalue weighted by Crippen LogP contribution is 2.16. The Morgan fingerprint density at radius 3 is 2.39 bits per heavy atom. The molecule has 0 fully saturated rings. The van der Waals surface area contributed by atoms with Crippen LogP contribution >= 0.6 is 0 Å². The fourth-order valence-electron chi connectivity index (χ4n) is 1.84. The van der Waals surface area contributed by atoms with Gasteiger partial charge in [0.25, 0.3) is 0 Å². The monoisotopic (exact) mass is 243 g/mol. The number of aldehydes is 1. The summed E-state index contributed by atoms with van der Waals surface area (Å²) in [6.45, 7) is 4.00. The Morgan fingerprint density at radius 2 is 1.78 bits per heavy atom. The second-order valence-electron chi connectivity index (χ2n) is 3.92. The molecule has 2 aromatic carbocycles. The van der Waals surface area contributed by atoms with Crippen LogP contribution in [0.1, 0.15) is 19.4 Å². The number of fused-ring (bicyclic) bond motifs is 1. The first kappa shape index (κ1) is 14.4. The molecular formula is C16H21NO. The lowest BCUT2D eigenvalue weighted by molar-refractivity contribution is -0.109. The number of carbonyl (C=O) groups excluding carboxylic acids is 1. The summed E-state index contributed by atoms with van der Waals surface area (Å²) in [4.78, 5) is 10.7. The Kier molecular flexibility index (Phi) is 6.09. The standard InChI is InChI=1S/C14H15NO.C2H6/c1-15-14(10-16)9-11-6-7-12-4-2-3-5-13(12)8-11;1-2/h2-8,10,14-15H,9H2,1H3;1-2H3/t14-;/m0./s1. The van der Waals surface area contributed by atoms with Gasteiger partial charge in [-0.2, -0.15) is 0 Å². The molecule has 2 aromatic rings.